The van der Waals surface area contributed by atoms with Crippen molar-refractivity contribution < 1.29 is 27.6 Å². The molecular weight excluding hydrogens is 250 g/mol. The highest BCUT2D eigenvalue weighted by Crippen LogP contribution is 2.09. The van der Waals surface area contributed by atoms with E-state index in [0.29, 0.717) is 0 Å². The number of nitrogens with two attached hydrogens (primary N) is 1. The lowest BCUT2D eigenvalue weighted by molar-refractivity contribution is -0.645. The average molecular weight is 280 g/mol. The van der Waals surface area contributed by atoms with E-state index >= 15 is 0 Å². The van der Waals surface area contributed by atoms with Crippen molar-refractivity contribution >= 4 is 5.97 Å². The van der Waals surface area contributed by atoms with Gasteiger partial charge in [-0.1, -0.05) is 58.3 Å². The first-order valence-corrected chi connectivity index (χ1v) is 7.30. The minimum atomic E-state index is -0.711. The summed E-state index contributed by atoms with van der Waals surface area (Å²) < 4.78 is 0. The zero-order valence-electron chi connectivity index (χ0n) is 11.8. The third-order valence-electron chi connectivity index (χ3n) is 3.08. The number of hydrogen-bond donors (Lipinski definition) is 2. The smallest absolute Gasteiger partial charge is 0.359 e. The molecule has 0 aromatic carbocycles. The van der Waals surface area contributed by atoms with E-state index in [1.54, 1.807) is 0 Å². The lowest BCUT2D eigenvalue weighted by Gasteiger charge is -2.01. The first-order chi connectivity index (χ1) is 8.27. The van der Waals surface area contributed by atoms with Gasteiger partial charge in [-0.05, 0) is 12.8 Å². The van der Waals surface area contributed by atoms with Crippen LogP contribution in [-0.4, -0.2) is 24.2 Å². The van der Waals surface area contributed by atoms with Crippen LogP contribution in [0.1, 0.15) is 71.1 Å². The summed E-state index contributed by atoms with van der Waals surface area (Å²) in [5.74, 6) is -0.711. The largest absolute Gasteiger partial charge is 1.00 e. The van der Waals surface area contributed by atoms with Crippen LogP contribution in [0.15, 0.2) is 0 Å². The van der Waals surface area contributed by atoms with Crippen LogP contribution in [0.5, 0.6) is 0 Å². The number of hydrogen-bond acceptors (Lipinski definition) is 1. The molecule has 0 fully saturated rings. The van der Waals surface area contributed by atoms with Crippen molar-refractivity contribution in [1.82, 2.24) is 0 Å². The minimum Gasteiger partial charge on any atom is -1.00 e. The molecule has 0 aliphatic carbocycles. The zero-order chi connectivity index (χ0) is 12.8. The number of carboxylic acids is 1. The molecular formula is C14H30ClNO2. The van der Waals surface area contributed by atoms with Crippen LogP contribution < -0.4 is 17.7 Å². The summed E-state index contributed by atoms with van der Waals surface area (Å²) in [6.45, 7) is 3.43. The number of rotatable bonds is 13. The molecule has 4 heteroatoms. The van der Waals surface area contributed by atoms with Gasteiger partial charge >= 0.3 is 5.97 Å². The Bertz CT molecular complexity index is 177. The lowest BCUT2D eigenvalue weighted by Crippen LogP contribution is -3.00. The van der Waals surface area contributed by atoms with Gasteiger partial charge in [0.2, 0.25) is 0 Å². The molecule has 18 heavy (non-hydrogen) atoms. The maximum atomic E-state index is 10.3. The van der Waals surface area contributed by atoms with Crippen molar-refractivity contribution in [2.24, 2.45) is 0 Å². The molecule has 0 saturated carbocycles. The van der Waals surface area contributed by atoms with Gasteiger partial charge in [0.15, 0.2) is 6.54 Å². The molecule has 0 amide bonds. The average Bonchev–Trinajstić information content (AvgIpc) is 2.30. The predicted octanol–water partition coefficient (Wildman–Crippen LogP) is -0.441. The Morgan fingerprint density at radius 3 is 1.78 bits per heavy atom. The van der Waals surface area contributed by atoms with Gasteiger partial charge in [-0.15, -0.1) is 0 Å². The van der Waals surface area contributed by atoms with Crippen LogP contribution in [0.3, 0.4) is 0 Å². The van der Waals surface area contributed by atoms with Gasteiger partial charge in [0.05, 0.1) is 6.54 Å². The van der Waals surface area contributed by atoms with E-state index in [1.807, 2.05) is 5.32 Å². The molecule has 0 heterocycles. The zero-order valence-corrected chi connectivity index (χ0v) is 12.6. The van der Waals surface area contributed by atoms with E-state index in [1.165, 1.54) is 57.8 Å². The molecule has 0 bridgehead atoms. The molecule has 0 atom stereocenters. The highest BCUT2D eigenvalue weighted by Gasteiger charge is 1.98. The van der Waals surface area contributed by atoms with Crippen molar-refractivity contribution in [2.45, 2.75) is 71.1 Å². The van der Waals surface area contributed by atoms with E-state index in [2.05, 4.69) is 6.92 Å². The van der Waals surface area contributed by atoms with Crippen molar-refractivity contribution in [3.05, 3.63) is 0 Å². The van der Waals surface area contributed by atoms with Crippen LogP contribution in [0, 0.1) is 0 Å². The van der Waals surface area contributed by atoms with Gasteiger partial charge in [0, 0.05) is 0 Å². The first-order valence-electron chi connectivity index (χ1n) is 7.30. The second-order valence-corrected chi connectivity index (χ2v) is 4.86. The topological polar surface area (TPSA) is 53.9 Å². The maximum absolute atomic E-state index is 10.3. The van der Waals surface area contributed by atoms with E-state index in [0.717, 1.165) is 13.0 Å². The number of halogens is 1. The SMILES string of the molecule is CCCCCCCCCCCC[NH2+]CC(=O)O.[Cl-]. The Balaban J connectivity index is 0. The molecule has 0 aliphatic rings. The number of carbonyl (C=O) groups is 1. The van der Waals surface area contributed by atoms with Crippen LogP contribution in [0.4, 0.5) is 0 Å². The molecule has 3 nitrogen and oxygen atoms in total. The number of aliphatic carboxylic acids is 1. The molecule has 0 rings (SSSR count). The van der Waals surface area contributed by atoms with Crippen molar-refractivity contribution in [3.8, 4) is 0 Å². The summed E-state index contributed by atoms with van der Waals surface area (Å²) in [6.07, 6.45) is 13.4. The second kappa shape index (κ2) is 16.7. The summed E-state index contributed by atoms with van der Waals surface area (Å²) in [7, 11) is 0. The van der Waals surface area contributed by atoms with Gasteiger partial charge in [-0.25, -0.2) is 4.79 Å². The monoisotopic (exact) mass is 279 g/mol. The van der Waals surface area contributed by atoms with Crippen molar-refractivity contribution in [1.29, 1.82) is 0 Å². The summed E-state index contributed by atoms with van der Waals surface area (Å²) in [5, 5.41) is 10.3. The molecule has 0 aromatic rings. The van der Waals surface area contributed by atoms with E-state index in [4.69, 9.17) is 5.11 Å². The highest BCUT2D eigenvalue weighted by molar-refractivity contribution is 5.67. The molecule has 110 valence electrons. The quantitative estimate of drug-likeness (QED) is 0.449. The fraction of sp³-hybridized carbons (Fsp3) is 0.929. The van der Waals surface area contributed by atoms with Gasteiger partial charge < -0.3 is 22.8 Å². The Morgan fingerprint density at radius 1 is 0.889 bits per heavy atom. The molecule has 0 saturated heterocycles. The van der Waals surface area contributed by atoms with Gasteiger partial charge in [0.1, 0.15) is 0 Å². The summed E-state index contributed by atoms with van der Waals surface area (Å²) in [5.41, 5.74) is 0. The molecule has 0 unspecified atom stereocenters. The summed E-state index contributed by atoms with van der Waals surface area (Å²) in [4.78, 5) is 10.3. The van der Waals surface area contributed by atoms with Crippen molar-refractivity contribution in [3.63, 3.8) is 0 Å². The van der Waals surface area contributed by atoms with E-state index < -0.39 is 5.97 Å². The van der Waals surface area contributed by atoms with Crippen LogP contribution in [0.25, 0.3) is 0 Å². The van der Waals surface area contributed by atoms with E-state index in [-0.39, 0.29) is 19.0 Å². The number of carboxylic acid groups (broad SMARTS) is 1. The lowest BCUT2D eigenvalue weighted by atomic mass is 10.1. The standard InChI is InChI=1S/C14H29NO2.ClH/c1-2-3-4-5-6-7-8-9-10-11-12-15-13-14(16)17;/h15H,2-13H2,1H3,(H,16,17);1H. The third kappa shape index (κ3) is 18.1. The highest BCUT2D eigenvalue weighted by atomic mass is 35.5. The Labute approximate surface area is 118 Å². The third-order valence-corrected chi connectivity index (χ3v) is 3.08. The molecule has 0 radical (unpaired) electrons. The molecule has 0 aliphatic heterocycles. The normalized spacial score (nSPS) is 10.1. The number of quaternary nitrogens is 1. The summed E-state index contributed by atoms with van der Waals surface area (Å²) in [6, 6.07) is 0. The van der Waals surface area contributed by atoms with E-state index in [9.17, 15) is 4.79 Å². The van der Waals surface area contributed by atoms with Gasteiger partial charge in [-0.3, -0.25) is 0 Å². The molecule has 3 N–H and O–H groups in total. The summed E-state index contributed by atoms with van der Waals surface area (Å²) >= 11 is 0. The van der Waals surface area contributed by atoms with Crippen LogP contribution in [-0.2, 0) is 4.79 Å². The van der Waals surface area contributed by atoms with Gasteiger partial charge in [0.25, 0.3) is 0 Å². The van der Waals surface area contributed by atoms with Gasteiger partial charge in [-0.2, -0.15) is 0 Å². The van der Waals surface area contributed by atoms with Crippen LogP contribution in [0.2, 0.25) is 0 Å². The minimum absolute atomic E-state index is 0. The van der Waals surface area contributed by atoms with Crippen molar-refractivity contribution in [2.75, 3.05) is 13.1 Å². The first kappa shape index (κ1) is 20.0. The second-order valence-electron chi connectivity index (χ2n) is 4.86. The Hall–Kier alpha value is -0.280. The molecule has 0 aromatic heterocycles. The predicted molar refractivity (Wildman–Crippen MR) is 71.1 cm³/mol. The number of unbranched alkanes of at least 4 members (excludes halogenated alkanes) is 9. The fourth-order valence-corrected chi connectivity index (χ4v) is 2.00. The molecule has 0 spiro atoms. The fourth-order valence-electron chi connectivity index (χ4n) is 2.00. The van der Waals surface area contributed by atoms with Crippen LogP contribution >= 0.6 is 0 Å². The maximum Gasteiger partial charge on any atom is 0.359 e. The Morgan fingerprint density at radius 2 is 1.33 bits per heavy atom. The Kier molecular flexibility index (Phi) is 18.6.